The Morgan fingerprint density at radius 3 is 3.00 bits per heavy atom. The van der Waals surface area contributed by atoms with Crippen molar-refractivity contribution in [2.75, 3.05) is 13.1 Å². The minimum absolute atomic E-state index is 0.177. The van der Waals surface area contributed by atoms with E-state index in [1.54, 1.807) is 0 Å². The van der Waals surface area contributed by atoms with Gasteiger partial charge in [0.2, 0.25) is 0 Å². The van der Waals surface area contributed by atoms with Crippen LogP contribution in [0.5, 0.6) is 0 Å². The highest BCUT2D eigenvalue weighted by Crippen LogP contribution is 2.32. The summed E-state index contributed by atoms with van der Waals surface area (Å²) in [6.07, 6.45) is 4.09. The van der Waals surface area contributed by atoms with E-state index in [0.29, 0.717) is 18.9 Å². The van der Waals surface area contributed by atoms with Crippen LogP contribution in [0.4, 0.5) is 8.78 Å². The zero-order valence-electron chi connectivity index (χ0n) is 10.2. The normalized spacial score (nSPS) is 30.4. The molecule has 1 saturated heterocycles. The molecule has 17 heavy (non-hydrogen) atoms. The van der Waals surface area contributed by atoms with Crippen molar-refractivity contribution in [1.82, 2.24) is 10.6 Å². The molecular weight excluding hydrogens is 222 g/mol. The molecule has 0 unspecified atom stereocenters. The maximum absolute atomic E-state index is 13.7. The highest BCUT2D eigenvalue weighted by Gasteiger charge is 2.29. The van der Waals surface area contributed by atoms with Crippen molar-refractivity contribution in [2.45, 2.75) is 44.7 Å². The predicted molar refractivity (Wildman–Crippen MR) is 65.0 cm³/mol. The molecule has 0 aromatic carbocycles. The van der Waals surface area contributed by atoms with Crippen LogP contribution in [-0.2, 0) is 0 Å². The number of piperidine rings is 1. The molecular formula is C13H20F2N2. The lowest BCUT2D eigenvalue weighted by molar-refractivity contribution is 0.336. The van der Waals surface area contributed by atoms with E-state index in [0.717, 1.165) is 25.9 Å². The topological polar surface area (TPSA) is 24.1 Å². The molecule has 96 valence electrons. The molecule has 0 aromatic heterocycles. The van der Waals surface area contributed by atoms with Crippen LogP contribution in [0, 0.1) is 0 Å². The van der Waals surface area contributed by atoms with E-state index in [2.05, 4.69) is 17.6 Å². The minimum atomic E-state index is -0.372. The van der Waals surface area contributed by atoms with E-state index in [1.807, 2.05) is 0 Å². The van der Waals surface area contributed by atoms with Crippen molar-refractivity contribution in [2.24, 2.45) is 0 Å². The van der Waals surface area contributed by atoms with E-state index in [-0.39, 0.29) is 23.3 Å². The first kappa shape index (κ1) is 12.7. The van der Waals surface area contributed by atoms with Gasteiger partial charge in [-0.3, -0.25) is 0 Å². The van der Waals surface area contributed by atoms with Crippen molar-refractivity contribution in [1.29, 1.82) is 0 Å². The Morgan fingerprint density at radius 2 is 2.29 bits per heavy atom. The monoisotopic (exact) mass is 242 g/mol. The fourth-order valence-corrected chi connectivity index (χ4v) is 2.67. The number of halogens is 2. The molecule has 2 N–H and O–H groups in total. The molecule has 0 radical (unpaired) electrons. The summed E-state index contributed by atoms with van der Waals surface area (Å²) in [5.41, 5.74) is 0.263. The molecule has 1 aliphatic carbocycles. The Morgan fingerprint density at radius 1 is 1.47 bits per heavy atom. The van der Waals surface area contributed by atoms with Gasteiger partial charge >= 0.3 is 0 Å². The number of rotatable bonds is 3. The minimum Gasteiger partial charge on any atom is -0.314 e. The zero-order valence-corrected chi connectivity index (χ0v) is 10.2. The molecule has 2 aliphatic rings. The zero-order chi connectivity index (χ0) is 12.3. The summed E-state index contributed by atoms with van der Waals surface area (Å²) in [5, 5.41) is 6.58. The SMILES string of the molecule is CCN[C@@H]1CCN[C@H](C2=C(F)CCC=C2F)C1. The summed E-state index contributed by atoms with van der Waals surface area (Å²) >= 11 is 0. The van der Waals surface area contributed by atoms with Crippen molar-refractivity contribution in [3.8, 4) is 0 Å². The van der Waals surface area contributed by atoms with Crippen LogP contribution in [0.3, 0.4) is 0 Å². The summed E-state index contributed by atoms with van der Waals surface area (Å²) in [6, 6.07) is 0.186. The standard InChI is InChI=1S/C13H20F2N2/c1-2-16-9-6-7-17-12(8-9)13-10(14)4-3-5-11(13)15/h4,9,12,16-17H,2-3,5-8H2,1H3/t9-,12+/m1/s1. The van der Waals surface area contributed by atoms with E-state index in [1.165, 1.54) is 6.08 Å². The van der Waals surface area contributed by atoms with Crippen molar-refractivity contribution in [3.63, 3.8) is 0 Å². The fraction of sp³-hybridized carbons (Fsp3) is 0.692. The van der Waals surface area contributed by atoms with Crippen LogP contribution >= 0.6 is 0 Å². The second-order valence-electron chi connectivity index (χ2n) is 4.69. The maximum Gasteiger partial charge on any atom is 0.126 e. The number of nitrogens with one attached hydrogen (secondary N) is 2. The van der Waals surface area contributed by atoms with Crippen LogP contribution < -0.4 is 10.6 Å². The summed E-state index contributed by atoms with van der Waals surface area (Å²) < 4.78 is 27.4. The quantitative estimate of drug-likeness (QED) is 0.795. The Balaban J connectivity index is 2.08. The second-order valence-corrected chi connectivity index (χ2v) is 4.69. The summed E-state index contributed by atoms with van der Waals surface area (Å²) in [4.78, 5) is 0. The average molecular weight is 242 g/mol. The third-order valence-corrected chi connectivity index (χ3v) is 3.48. The average Bonchev–Trinajstić information content (AvgIpc) is 2.30. The lowest BCUT2D eigenvalue weighted by Gasteiger charge is -2.33. The van der Waals surface area contributed by atoms with E-state index in [9.17, 15) is 8.78 Å². The van der Waals surface area contributed by atoms with Gasteiger partial charge in [0.1, 0.15) is 11.7 Å². The molecule has 0 spiro atoms. The molecule has 0 saturated carbocycles. The van der Waals surface area contributed by atoms with Gasteiger partial charge in [0, 0.05) is 24.1 Å². The Bertz CT molecular complexity index is 334. The van der Waals surface area contributed by atoms with Crippen LogP contribution in [0.1, 0.15) is 32.6 Å². The first-order valence-corrected chi connectivity index (χ1v) is 6.43. The van der Waals surface area contributed by atoms with Crippen LogP contribution in [0.2, 0.25) is 0 Å². The molecule has 4 heteroatoms. The number of allylic oxidation sites excluding steroid dienone is 2. The summed E-state index contributed by atoms with van der Waals surface area (Å²) in [7, 11) is 0. The molecule has 1 heterocycles. The third-order valence-electron chi connectivity index (χ3n) is 3.48. The summed E-state index contributed by atoms with van der Waals surface area (Å²) in [6.45, 7) is 3.77. The number of hydrogen-bond acceptors (Lipinski definition) is 2. The van der Waals surface area contributed by atoms with Gasteiger partial charge in [-0.2, -0.15) is 0 Å². The highest BCUT2D eigenvalue weighted by molar-refractivity contribution is 5.36. The van der Waals surface area contributed by atoms with Gasteiger partial charge < -0.3 is 10.6 Å². The maximum atomic E-state index is 13.7. The molecule has 1 fully saturated rings. The van der Waals surface area contributed by atoms with Crippen molar-refractivity contribution < 1.29 is 8.78 Å². The molecule has 2 rings (SSSR count). The van der Waals surface area contributed by atoms with Crippen LogP contribution in [0.25, 0.3) is 0 Å². The van der Waals surface area contributed by atoms with Gasteiger partial charge in [-0.15, -0.1) is 0 Å². The van der Waals surface area contributed by atoms with E-state index < -0.39 is 0 Å². The molecule has 2 atom stereocenters. The van der Waals surface area contributed by atoms with Gasteiger partial charge in [-0.1, -0.05) is 6.92 Å². The molecule has 1 aliphatic heterocycles. The van der Waals surface area contributed by atoms with Crippen LogP contribution in [-0.4, -0.2) is 25.2 Å². The highest BCUT2D eigenvalue weighted by atomic mass is 19.1. The van der Waals surface area contributed by atoms with E-state index >= 15 is 0 Å². The molecule has 0 bridgehead atoms. The Kier molecular flexibility index (Phi) is 4.29. The van der Waals surface area contributed by atoms with Crippen LogP contribution in [0.15, 0.2) is 23.3 Å². The lowest BCUT2D eigenvalue weighted by Crippen LogP contribution is -2.47. The van der Waals surface area contributed by atoms with Gasteiger partial charge in [0.05, 0.1) is 0 Å². The van der Waals surface area contributed by atoms with Gasteiger partial charge in [-0.05, 0) is 38.4 Å². The fourth-order valence-electron chi connectivity index (χ4n) is 2.67. The van der Waals surface area contributed by atoms with Gasteiger partial charge in [-0.25, -0.2) is 8.78 Å². The van der Waals surface area contributed by atoms with Gasteiger partial charge in [0.15, 0.2) is 0 Å². The number of hydrogen-bond donors (Lipinski definition) is 2. The largest absolute Gasteiger partial charge is 0.314 e. The third kappa shape index (κ3) is 2.93. The second kappa shape index (κ2) is 5.74. The summed E-state index contributed by atoms with van der Waals surface area (Å²) in [5.74, 6) is -0.650. The molecule has 0 aromatic rings. The first-order chi connectivity index (χ1) is 8.22. The Labute approximate surface area is 101 Å². The Hall–Kier alpha value is -0.740. The predicted octanol–water partition coefficient (Wildman–Crippen LogP) is 2.59. The first-order valence-electron chi connectivity index (χ1n) is 6.43. The molecule has 0 amide bonds. The molecule has 2 nitrogen and oxygen atoms in total. The van der Waals surface area contributed by atoms with Gasteiger partial charge in [0.25, 0.3) is 0 Å². The van der Waals surface area contributed by atoms with Crippen molar-refractivity contribution >= 4 is 0 Å². The van der Waals surface area contributed by atoms with E-state index in [4.69, 9.17) is 0 Å². The smallest absolute Gasteiger partial charge is 0.126 e. The lowest BCUT2D eigenvalue weighted by atomic mass is 9.89. The van der Waals surface area contributed by atoms with Crippen molar-refractivity contribution in [3.05, 3.63) is 23.3 Å².